The summed E-state index contributed by atoms with van der Waals surface area (Å²) >= 11 is 0. The van der Waals surface area contributed by atoms with Crippen LogP contribution < -0.4 is 16.4 Å². The van der Waals surface area contributed by atoms with Gasteiger partial charge < -0.3 is 26.2 Å². The largest absolute Gasteiger partial charge is 0.382 e. The Morgan fingerprint density at radius 3 is 2.65 bits per heavy atom. The number of amides is 2. The highest BCUT2D eigenvalue weighted by molar-refractivity contribution is 5.80. The molecule has 0 aliphatic carbocycles. The van der Waals surface area contributed by atoms with Crippen molar-refractivity contribution in [3.63, 3.8) is 0 Å². The molecule has 0 saturated carbocycles. The summed E-state index contributed by atoms with van der Waals surface area (Å²) in [5.74, 6) is -0.962. The van der Waals surface area contributed by atoms with Crippen LogP contribution in [0.25, 0.3) is 0 Å². The van der Waals surface area contributed by atoms with Gasteiger partial charge in [-0.3, -0.25) is 9.59 Å². The standard InChI is InChI=1S/C10H19N3O4/c11-10(16)8(14)5-12-6-9(15)13-7-1-3-17-4-2-7/h7-8,12,14H,1-6H2,(H2,11,16)(H,13,15). The fraction of sp³-hybridized carbons (Fsp3) is 0.800. The highest BCUT2D eigenvalue weighted by atomic mass is 16.5. The second-order valence-electron chi connectivity index (χ2n) is 4.00. The number of rotatable bonds is 6. The maximum Gasteiger partial charge on any atom is 0.247 e. The number of carbonyl (C=O) groups is 2. The van der Waals surface area contributed by atoms with E-state index in [1.165, 1.54) is 0 Å². The van der Waals surface area contributed by atoms with Crippen molar-refractivity contribution >= 4 is 11.8 Å². The van der Waals surface area contributed by atoms with E-state index in [9.17, 15) is 9.59 Å². The Labute approximate surface area is 99.7 Å². The van der Waals surface area contributed by atoms with Crippen LogP contribution in [0.3, 0.4) is 0 Å². The van der Waals surface area contributed by atoms with E-state index in [1.54, 1.807) is 0 Å². The Hall–Kier alpha value is -1.18. The summed E-state index contributed by atoms with van der Waals surface area (Å²) in [6.45, 7) is 1.37. The molecule has 0 aromatic heterocycles. The molecule has 0 aromatic carbocycles. The second-order valence-corrected chi connectivity index (χ2v) is 4.00. The van der Waals surface area contributed by atoms with Crippen LogP contribution in [0, 0.1) is 0 Å². The zero-order valence-electron chi connectivity index (χ0n) is 9.65. The number of aliphatic hydroxyl groups is 1. The molecule has 1 unspecified atom stereocenters. The minimum atomic E-state index is -1.26. The molecule has 5 N–H and O–H groups in total. The van der Waals surface area contributed by atoms with Gasteiger partial charge in [-0.15, -0.1) is 0 Å². The molecule has 1 aliphatic rings. The maximum absolute atomic E-state index is 11.5. The normalized spacial score (nSPS) is 18.6. The number of ether oxygens (including phenoxy) is 1. The first-order valence-corrected chi connectivity index (χ1v) is 5.65. The SMILES string of the molecule is NC(=O)C(O)CNCC(=O)NC1CCOCC1. The topological polar surface area (TPSA) is 114 Å². The molecular formula is C10H19N3O4. The van der Waals surface area contributed by atoms with Gasteiger partial charge in [0.1, 0.15) is 6.10 Å². The van der Waals surface area contributed by atoms with Gasteiger partial charge in [-0.1, -0.05) is 0 Å². The van der Waals surface area contributed by atoms with E-state index in [0.29, 0.717) is 13.2 Å². The van der Waals surface area contributed by atoms with Crippen molar-refractivity contribution in [1.82, 2.24) is 10.6 Å². The number of carbonyl (C=O) groups excluding carboxylic acids is 2. The average Bonchev–Trinajstić information content (AvgIpc) is 2.30. The lowest BCUT2D eigenvalue weighted by molar-refractivity contribution is -0.126. The molecule has 98 valence electrons. The van der Waals surface area contributed by atoms with E-state index in [-0.39, 0.29) is 25.0 Å². The number of primary amides is 1. The third-order valence-corrected chi connectivity index (χ3v) is 2.54. The van der Waals surface area contributed by atoms with Gasteiger partial charge in [0.2, 0.25) is 11.8 Å². The Morgan fingerprint density at radius 2 is 2.06 bits per heavy atom. The fourth-order valence-corrected chi connectivity index (χ4v) is 1.54. The van der Waals surface area contributed by atoms with Gasteiger partial charge in [0.25, 0.3) is 0 Å². The van der Waals surface area contributed by atoms with Crippen LogP contribution in [0.1, 0.15) is 12.8 Å². The molecule has 0 aromatic rings. The summed E-state index contributed by atoms with van der Waals surface area (Å²) in [7, 11) is 0. The zero-order chi connectivity index (χ0) is 12.7. The van der Waals surface area contributed by atoms with Crippen molar-refractivity contribution in [3.8, 4) is 0 Å². The highest BCUT2D eigenvalue weighted by Gasteiger charge is 2.16. The van der Waals surface area contributed by atoms with Gasteiger partial charge in [-0.25, -0.2) is 0 Å². The Morgan fingerprint density at radius 1 is 1.41 bits per heavy atom. The minimum absolute atomic E-state index is 0.0173. The molecular weight excluding hydrogens is 226 g/mol. The monoisotopic (exact) mass is 245 g/mol. The van der Waals surface area contributed by atoms with Gasteiger partial charge in [-0.05, 0) is 12.8 Å². The summed E-state index contributed by atoms with van der Waals surface area (Å²) in [6, 6.07) is 0.152. The first-order chi connectivity index (χ1) is 8.09. The van der Waals surface area contributed by atoms with Crippen LogP contribution in [0.15, 0.2) is 0 Å². The van der Waals surface area contributed by atoms with Gasteiger partial charge in [0, 0.05) is 25.8 Å². The molecule has 1 heterocycles. The number of nitrogens with two attached hydrogens (primary N) is 1. The third-order valence-electron chi connectivity index (χ3n) is 2.54. The molecule has 1 saturated heterocycles. The summed E-state index contributed by atoms with van der Waals surface area (Å²) in [5, 5.41) is 14.6. The second kappa shape index (κ2) is 7.21. The summed E-state index contributed by atoms with van der Waals surface area (Å²) in [4.78, 5) is 22.0. The smallest absolute Gasteiger partial charge is 0.247 e. The van der Waals surface area contributed by atoms with E-state index >= 15 is 0 Å². The lowest BCUT2D eigenvalue weighted by Gasteiger charge is -2.23. The highest BCUT2D eigenvalue weighted by Crippen LogP contribution is 2.05. The van der Waals surface area contributed by atoms with Crippen molar-refractivity contribution in [2.45, 2.75) is 25.0 Å². The lowest BCUT2D eigenvalue weighted by atomic mass is 10.1. The minimum Gasteiger partial charge on any atom is -0.382 e. The van der Waals surface area contributed by atoms with E-state index in [0.717, 1.165) is 12.8 Å². The van der Waals surface area contributed by atoms with Crippen LogP contribution in [0.5, 0.6) is 0 Å². The number of hydrogen-bond donors (Lipinski definition) is 4. The van der Waals surface area contributed by atoms with E-state index in [1.807, 2.05) is 0 Å². The average molecular weight is 245 g/mol. The first kappa shape index (κ1) is 13.9. The Kier molecular flexibility index (Phi) is 5.88. The van der Waals surface area contributed by atoms with Gasteiger partial charge in [-0.2, -0.15) is 0 Å². The molecule has 1 aliphatic heterocycles. The van der Waals surface area contributed by atoms with Crippen molar-refractivity contribution < 1.29 is 19.4 Å². The van der Waals surface area contributed by atoms with Crippen molar-refractivity contribution in [1.29, 1.82) is 0 Å². The lowest BCUT2D eigenvalue weighted by Crippen LogP contribution is -2.45. The molecule has 0 radical (unpaired) electrons. The number of hydrogen-bond acceptors (Lipinski definition) is 5. The summed E-state index contributed by atoms with van der Waals surface area (Å²) in [6.07, 6.45) is 0.372. The molecule has 0 spiro atoms. The predicted octanol–water partition coefficient (Wildman–Crippen LogP) is -2.28. The quantitative estimate of drug-likeness (QED) is 0.421. The van der Waals surface area contributed by atoms with E-state index in [4.69, 9.17) is 15.6 Å². The van der Waals surface area contributed by atoms with E-state index in [2.05, 4.69) is 10.6 Å². The first-order valence-electron chi connectivity index (χ1n) is 5.65. The van der Waals surface area contributed by atoms with Crippen molar-refractivity contribution in [2.24, 2.45) is 5.73 Å². The Bertz CT molecular complexity index is 266. The molecule has 17 heavy (non-hydrogen) atoms. The molecule has 2 amide bonds. The molecule has 1 atom stereocenters. The molecule has 7 heteroatoms. The molecule has 7 nitrogen and oxygen atoms in total. The number of nitrogens with one attached hydrogen (secondary N) is 2. The summed E-state index contributed by atoms with van der Waals surface area (Å²) in [5.41, 5.74) is 4.86. The molecule has 0 bridgehead atoms. The Balaban J connectivity index is 2.10. The molecule has 1 rings (SSSR count). The van der Waals surface area contributed by atoms with Gasteiger partial charge in [0.05, 0.1) is 6.54 Å². The van der Waals surface area contributed by atoms with Crippen molar-refractivity contribution in [3.05, 3.63) is 0 Å². The van der Waals surface area contributed by atoms with Crippen LogP contribution in [-0.4, -0.2) is 55.4 Å². The van der Waals surface area contributed by atoms with Crippen molar-refractivity contribution in [2.75, 3.05) is 26.3 Å². The predicted molar refractivity (Wildman–Crippen MR) is 60.1 cm³/mol. The van der Waals surface area contributed by atoms with E-state index < -0.39 is 12.0 Å². The van der Waals surface area contributed by atoms with Crippen LogP contribution in [-0.2, 0) is 14.3 Å². The van der Waals surface area contributed by atoms with Gasteiger partial charge in [0.15, 0.2) is 0 Å². The van der Waals surface area contributed by atoms with Crippen LogP contribution in [0.4, 0.5) is 0 Å². The molecule has 1 fully saturated rings. The van der Waals surface area contributed by atoms with Crippen LogP contribution >= 0.6 is 0 Å². The van der Waals surface area contributed by atoms with Crippen LogP contribution in [0.2, 0.25) is 0 Å². The fourth-order valence-electron chi connectivity index (χ4n) is 1.54. The summed E-state index contributed by atoms with van der Waals surface area (Å²) < 4.78 is 5.17. The number of aliphatic hydroxyl groups excluding tert-OH is 1. The third kappa shape index (κ3) is 5.62. The van der Waals surface area contributed by atoms with Gasteiger partial charge >= 0.3 is 0 Å². The zero-order valence-corrected chi connectivity index (χ0v) is 9.65. The maximum atomic E-state index is 11.5.